The van der Waals surface area contributed by atoms with Gasteiger partial charge in [0.15, 0.2) is 6.61 Å². The molecule has 3 atom stereocenters. The Labute approximate surface area is 190 Å². The summed E-state index contributed by atoms with van der Waals surface area (Å²) in [6, 6.07) is 17.8. The monoisotopic (exact) mass is 455 g/mol. The molecule has 1 aliphatic carbocycles. The molecule has 2 aromatic rings. The summed E-state index contributed by atoms with van der Waals surface area (Å²) in [6.45, 7) is 2.64. The van der Waals surface area contributed by atoms with Crippen molar-refractivity contribution in [1.29, 1.82) is 5.26 Å². The van der Waals surface area contributed by atoms with E-state index in [0.29, 0.717) is 17.1 Å². The lowest BCUT2D eigenvalue weighted by molar-refractivity contribution is -0.149. The molecule has 6 nitrogen and oxygen atoms in total. The average Bonchev–Trinajstić information content (AvgIpc) is 3.35. The van der Waals surface area contributed by atoms with Crippen LogP contribution in [0.15, 0.2) is 66.7 Å². The van der Waals surface area contributed by atoms with Crippen molar-refractivity contribution in [3.63, 3.8) is 0 Å². The third-order valence-electron chi connectivity index (χ3n) is 5.45. The van der Waals surface area contributed by atoms with Gasteiger partial charge in [-0.1, -0.05) is 50.3 Å². The minimum atomic E-state index is -2.75. The van der Waals surface area contributed by atoms with E-state index in [1.807, 2.05) is 38.1 Å². The number of alkyl halides is 2. The molecule has 8 heteroatoms. The largest absolute Gasteiger partial charge is 0.457 e. The lowest BCUT2D eigenvalue weighted by Gasteiger charge is -2.13. The normalized spacial score (nSPS) is 19.5. The number of nitrogens with zero attached hydrogens (tertiary/aromatic N) is 1. The smallest absolute Gasteiger partial charge is 0.330 e. The maximum atomic E-state index is 12.8. The van der Waals surface area contributed by atoms with E-state index in [1.54, 1.807) is 36.4 Å². The van der Waals surface area contributed by atoms with Gasteiger partial charge in [0.25, 0.3) is 6.43 Å². The Morgan fingerprint density at radius 3 is 2.48 bits per heavy atom. The van der Waals surface area contributed by atoms with Crippen LogP contribution in [0.25, 0.3) is 0 Å². The van der Waals surface area contributed by atoms with Crippen LogP contribution < -0.4 is 4.74 Å². The third kappa shape index (κ3) is 6.16. The van der Waals surface area contributed by atoms with Crippen LogP contribution in [-0.4, -0.2) is 25.0 Å². The van der Waals surface area contributed by atoms with Crippen molar-refractivity contribution in [3.8, 4) is 17.6 Å². The zero-order chi connectivity index (χ0) is 24.0. The molecule has 1 aliphatic rings. The van der Waals surface area contributed by atoms with Gasteiger partial charge in [-0.15, -0.1) is 0 Å². The number of benzene rings is 2. The summed E-state index contributed by atoms with van der Waals surface area (Å²) < 4.78 is 39.9. The molecule has 0 spiro atoms. The van der Waals surface area contributed by atoms with E-state index < -0.39 is 42.4 Å². The molecule has 33 heavy (non-hydrogen) atoms. The molecule has 0 N–H and O–H groups in total. The molecule has 2 aromatic carbocycles. The van der Waals surface area contributed by atoms with E-state index in [9.17, 15) is 23.6 Å². The lowest BCUT2D eigenvalue weighted by Crippen LogP contribution is -2.14. The standard InChI is InChI=1S/C25H23F2NO5/c1-25(2)19(11-12-22(29)31-15-21(26)27)23(25)24(30)33-20(14-28)16-7-6-10-18(13-16)32-17-8-4-3-5-9-17/h3-13,19-21,23H,15H2,1-2H3/t19-,20-,23-/m0/s1. The summed E-state index contributed by atoms with van der Waals surface area (Å²) in [5.41, 5.74) is -0.0603. The van der Waals surface area contributed by atoms with Crippen LogP contribution in [0.4, 0.5) is 8.78 Å². The van der Waals surface area contributed by atoms with E-state index in [-0.39, 0.29) is 5.92 Å². The van der Waals surface area contributed by atoms with Gasteiger partial charge in [0.2, 0.25) is 6.10 Å². The van der Waals surface area contributed by atoms with Gasteiger partial charge in [-0.3, -0.25) is 4.79 Å². The van der Waals surface area contributed by atoms with Gasteiger partial charge < -0.3 is 14.2 Å². The second kappa shape index (κ2) is 10.3. The Balaban J connectivity index is 1.63. The first-order valence-electron chi connectivity index (χ1n) is 10.3. The van der Waals surface area contributed by atoms with Gasteiger partial charge in [-0.25, -0.2) is 13.6 Å². The second-order valence-corrected chi connectivity index (χ2v) is 8.14. The Bertz CT molecular complexity index is 1060. The van der Waals surface area contributed by atoms with Crippen LogP contribution in [0.2, 0.25) is 0 Å². The summed E-state index contributed by atoms with van der Waals surface area (Å²) in [6.07, 6.45) is -1.40. The van der Waals surface area contributed by atoms with E-state index in [4.69, 9.17) is 9.47 Å². The first-order chi connectivity index (χ1) is 15.7. The lowest BCUT2D eigenvalue weighted by atomic mass is 10.1. The van der Waals surface area contributed by atoms with Crippen LogP contribution in [0.5, 0.6) is 11.5 Å². The number of halogens is 2. The molecular formula is C25H23F2NO5. The summed E-state index contributed by atoms with van der Waals surface area (Å²) in [7, 11) is 0. The molecule has 0 saturated heterocycles. The first kappa shape index (κ1) is 23.9. The molecule has 0 bridgehead atoms. The fourth-order valence-electron chi connectivity index (χ4n) is 3.59. The highest BCUT2D eigenvalue weighted by Gasteiger charge is 2.61. The second-order valence-electron chi connectivity index (χ2n) is 8.14. The summed E-state index contributed by atoms with van der Waals surface area (Å²) in [5, 5.41) is 9.58. The molecular weight excluding hydrogens is 432 g/mol. The topological polar surface area (TPSA) is 85.6 Å². The highest BCUT2D eigenvalue weighted by Crippen LogP contribution is 2.59. The SMILES string of the molecule is CC1(C)[C@H](C(=O)O[C@@H](C#N)c2cccc(Oc3ccccc3)c2)[C@@H]1C=CC(=O)OCC(F)F. The minimum absolute atomic E-state index is 0.351. The molecule has 3 rings (SSSR count). The van der Waals surface area contributed by atoms with Crippen molar-refractivity contribution >= 4 is 11.9 Å². The number of ether oxygens (including phenoxy) is 3. The van der Waals surface area contributed by atoms with Crippen molar-refractivity contribution < 1.29 is 32.6 Å². The van der Waals surface area contributed by atoms with Crippen LogP contribution in [0.1, 0.15) is 25.5 Å². The Morgan fingerprint density at radius 2 is 1.82 bits per heavy atom. The fraction of sp³-hybridized carbons (Fsp3) is 0.320. The van der Waals surface area contributed by atoms with Crippen molar-refractivity contribution in [2.75, 3.05) is 6.61 Å². The van der Waals surface area contributed by atoms with E-state index in [2.05, 4.69) is 4.74 Å². The van der Waals surface area contributed by atoms with Gasteiger partial charge in [0.1, 0.15) is 17.6 Å². The zero-order valence-corrected chi connectivity index (χ0v) is 18.1. The van der Waals surface area contributed by atoms with Gasteiger partial charge in [-0.05, 0) is 35.6 Å². The van der Waals surface area contributed by atoms with Crippen LogP contribution >= 0.6 is 0 Å². The van der Waals surface area contributed by atoms with Gasteiger partial charge >= 0.3 is 11.9 Å². The van der Waals surface area contributed by atoms with Gasteiger partial charge in [-0.2, -0.15) is 5.26 Å². The number of carbonyl (C=O) groups excluding carboxylic acids is 2. The number of esters is 2. The highest BCUT2D eigenvalue weighted by atomic mass is 19.3. The number of carbonyl (C=O) groups is 2. The average molecular weight is 455 g/mol. The molecule has 1 fully saturated rings. The molecule has 0 unspecified atom stereocenters. The Kier molecular flexibility index (Phi) is 7.44. The van der Waals surface area contributed by atoms with Crippen molar-refractivity contribution in [3.05, 3.63) is 72.3 Å². The van der Waals surface area contributed by atoms with E-state index in [1.165, 1.54) is 6.08 Å². The molecule has 1 saturated carbocycles. The molecule has 0 aliphatic heterocycles. The number of hydrogen-bond acceptors (Lipinski definition) is 6. The van der Waals surface area contributed by atoms with Gasteiger partial charge in [0.05, 0.1) is 5.92 Å². The number of allylic oxidation sites excluding steroid dienone is 1. The molecule has 0 amide bonds. The zero-order valence-electron chi connectivity index (χ0n) is 18.1. The number of rotatable bonds is 9. The summed E-state index contributed by atoms with van der Waals surface area (Å²) in [4.78, 5) is 24.3. The molecule has 0 heterocycles. The van der Waals surface area contributed by atoms with Gasteiger partial charge in [0, 0.05) is 11.6 Å². The van der Waals surface area contributed by atoms with Crippen molar-refractivity contribution in [2.45, 2.75) is 26.4 Å². The number of nitriles is 1. The predicted octanol–water partition coefficient (Wildman–Crippen LogP) is 5.22. The maximum absolute atomic E-state index is 12.8. The molecule has 0 radical (unpaired) electrons. The maximum Gasteiger partial charge on any atom is 0.330 e. The third-order valence-corrected chi connectivity index (χ3v) is 5.45. The predicted molar refractivity (Wildman–Crippen MR) is 114 cm³/mol. The Hall–Kier alpha value is -3.73. The fourth-order valence-corrected chi connectivity index (χ4v) is 3.59. The minimum Gasteiger partial charge on any atom is -0.457 e. The highest BCUT2D eigenvalue weighted by molar-refractivity contribution is 5.83. The molecule has 172 valence electrons. The molecule has 0 aromatic heterocycles. The number of hydrogen-bond donors (Lipinski definition) is 0. The van der Waals surface area contributed by atoms with Crippen molar-refractivity contribution in [1.82, 2.24) is 0 Å². The first-order valence-corrected chi connectivity index (χ1v) is 10.3. The van der Waals surface area contributed by atoms with E-state index in [0.717, 1.165) is 6.08 Å². The van der Waals surface area contributed by atoms with Crippen LogP contribution in [0.3, 0.4) is 0 Å². The quantitative estimate of drug-likeness (QED) is 0.381. The Morgan fingerprint density at radius 1 is 1.12 bits per heavy atom. The van der Waals surface area contributed by atoms with Crippen molar-refractivity contribution in [2.24, 2.45) is 17.3 Å². The van der Waals surface area contributed by atoms with E-state index >= 15 is 0 Å². The van der Waals surface area contributed by atoms with Crippen LogP contribution in [-0.2, 0) is 19.1 Å². The summed E-state index contributed by atoms with van der Waals surface area (Å²) in [5.74, 6) is -1.31. The summed E-state index contributed by atoms with van der Waals surface area (Å²) >= 11 is 0. The number of para-hydroxylation sites is 1. The van der Waals surface area contributed by atoms with Crippen LogP contribution in [0, 0.1) is 28.6 Å².